The first-order valence-corrected chi connectivity index (χ1v) is 7.23. The van der Waals surface area contributed by atoms with Gasteiger partial charge in [-0.3, -0.25) is 0 Å². The summed E-state index contributed by atoms with van der Waals surface area (Å²) in [5, 5.41) is 18.6. The van der Waals surface area contributed by atoms with Gasteiger partial charge in [-0.2, -0.15) is 0 Å². The average molecular weight is 288 g/mol. The maximum absolute atomic E-state index is 11.5. The molecule has 0 aliphatic carbocycles. The van der Waals surface area contributed by atoms with Crippen LogP contribution in [0, 0.1) is 5.92 Å². The van der Waals surface area contributed by atoms with Crippen LogP contribution in [0.3, 0.4) is 0 Å². The number of carbonyl (C=O) groups excluding carboxylic acids is 1. The van der Waals surface area contributed by atoms with Crippen molar-refractivity contribution in [2.24, 2.45) is 5.92 Å². The lowest BCUT2D eigenvalue weighted by molar-refractivity contribution is -0.207. The van der Waals surface area contributed by atoms with Crippen LogP contribution in [0.4, 0.5) is 0 Å². The molecule has 0 saturated heterocycles. The number of hydrogen-bond donors (Lipinski definition) is 2. The van der Waals surface area contributed by atoms with E-state index in [1.165, 1.54) is 6.92 Å². The van der Waals surface area contributed by atoms with Gasteiger partial charge in [-0.15, -0.1) is 0 Å². The molecular formula is C15H28O5. The highest BCUT2D eigenvalue weighted by atomic mass is 16.7. The maximum Gasteiger partial charge on any atom is 0.335 e. The molecule has 118 valence electrons. The van der Waals surface area contributed by atoms with Crippen LogP contribution in [0.2, 0.25) is 0 Å². The van der Waals surface area contributed by atoms with Crippen molar-refractivity contribution in [1.29, 1.82) is 0 Å². The molecule has 20 heavy (non-hydrogen) atoms. The standard InChI is InChI=1S/C15H28O5/c1-5-7-8-12(6-2)10-19-15(13(17)9-16)20-14(18)11(3)4/h12-13,15-17H,3,5-10H2,1-2,4H3. The Hall–Kier alpha value is -0.910. The van der Waals surface area contributed by atoms with E-state index in [4.69, 9.17) is 14.6 Å². The normalized spacial score (nSPS) is 15.4. The molecule has 0 aromatic rings. The molecule has 0 amide bonds. The Morgan fingerprint density at radius 1 is 1.35 bits per heavy atom. The quantitative estimate of drug-likeness (QED) is 0.345. The summed E-state index contributed by atoms with van der Waals surface area (Å²) in [4.78, 5) is 11.5. The van der Waals surface area contributed by atoms with E-state index in [1.54, 1.807) is 0 Å². The van der Waals surface area contributed by atoms with Crippen molar-refractivity contribution in [1.82, 2.24) is 0 Å². The van der Waals surface area contributed by atoms with Gasteiger partial charge in [-0.1, -0.05) is 39.7 Å². The summed E-state index contributed by atoms with van der Waals surface area (Å²) in [6, 6.07) is 0. The lowest BCUT2D eigenvalue weighted by Crippen LogP contribution is -2.37. The van der Waals surface area contributed by atoms with Crippen LogP contribution >= 0.6 is 0 Å². The van der Waals surface area contributed by atoms with Gasteiger partial charge < -0.3 is 19.7 Å². The van der Waals surface area contributed by atoms with Crippen LogP contribution in [-0.4, -0.2) is 41.8 Å². The SMILES string of the molecule is C=C(C)C(=O)OC(OCC(CC)CCCC)C(O)CO. The van der Waals surface area contributed by atoms with E-state index >= 15 is 0 Å². The van der Waals surface area contributed by atoms with E-state index in [0.717, 1.165) is 25.7 Å². The molecule has 0 rings (SSSR count). The summed E-state index contributed by atoms with van der Waals surface area (Å²) in [6.07, 6.45) is 1.81. The zero-order chi connectivity index (χ0) is 15.5. The average Bonchev–Trinajstić information content (AvgIpc) is 2.44. The summed E-state index contributed by atoms with van der Waals surface area (Å²) in [7, 11) is 0. The van der Waals surface area contributed by atoms with Crippen LogP contribution < -0.4 is 0 Å². The summed E-state index contributed by atoms with van der Waals surface area (Å²) in [5.41, 5.74) is 0.224. The maximum atomic E-state index is 11.5. The smallest absolute Gasteiger partial charge is 0.335 e. The third kappa shape index (κ3) is 7.62. The highest BCUT2D eigenvalue weighted by Crippen LogP contribution is 2.15. The Morgan fingerprint density at radius 2 is 2.00 bits per heavy atom. The van der Waals surface area contributed by atoms with Crippen LogP contribution in [0.1, 0.15) is 46.5 Å². The van der Waals surface area contributed by atoms with E-state index in [9.17, 15) is 9.90 Å². The number of carbonyl (C=O) groups is 1. The largest absolute Gasteiger partial charge is 0.429 e. The molecule has 0 bridgehead atoms. The second-order valence-electron chi connectivity index (χ2n) is 5.05. The molecule has 0 fully saturated rings. The molecule has 3 atom stereocenters. The Morgan fingerprint density at radius 3 is 2.45 bits per heavy atom. The third-order valence-electron chi connectivity index (χ3n) is 3.11. The van der Waals surface area contributed by atoms with Crippen molar-refractivity contribution >= 4 is 5.97 Å². The second kappa shape index (κ2) is 10.8. The van der Waals surface area contributed by atoms with Gasteiger partial charge in [-0.05, 0) is 19.3 Å². The number of rotatable bonds is 11. The van der Waals surface area contributed by atoms with Gasteiger partial charge in [0.1, 0.15) is 6.10 Å². The first kappa shape index (κ1) is 19.1. The van der Waals surface area contributed by atoms with Gasteiger partial charge in [0.2, 0.25) is 6.29 Å². The lowest BCUT2D eigenvalue weighted by atomic mass is 10.0. The van der Waals surface area contributed by atoms with Crippen LogP contribution in [-0.2, 0) is 14.3 Å². The number of hydrogen-bond acceptors (Lipinski definition) is 5. The van der Waals surface area contributed by atoms with Crippen molar-refractivity contribution in [2.75, 3.05) is 13.2 Å². The molecule has 0 aliphatic heterocycles. The van der Waals surface area contributed by atoms with E-state index in [-0.39, 0.29) is 5.57 Å². The molecule has 3 unspecified atom stereocenters. The van der Waals surface area contributed by atoms with Gasteiger partial charge in [0.05, 0.1) is 13.2 Å². The van der Waals surface area contributed by atoms with Crippen LogP contribution in [0.25, 0.3) is 0 Å². The second-order valence-corrected chi connectivity index (χ2v) is 5.05. The van der Waals surface area contributed by atoms with Crippen molar-refractivity contribution in [3.05, 3.63) is 12.2 Å². The first-order chi connectivity index (χ1) is 9.46. The zero-order valence-electron chi connectivity index (χ0n) is 12.8. The zero-order valence-corrected chi connectivity index (χ0v) is 12.8. The molecule has 5 heteroatoms. The molecule has 0 heterocycles. The predicted octanol–water partition coefficient (Wildman–Crippen LogP) is 2.02. The summed E-state index contributed by atoms with van der Waals surface area (Å²) >= 11 is 0. The predicted molar refractivity (Wildman–Crippen MR) is 77.0 cm³/mol. The van der Waals surface area contributed by atoms with Crippen LogP contribution in [0.15, 0.2) is 12.2 Å². The van der Waals surface area contributed by atoms with Crippen LogP contribution in [0.5, 0.6) is 0 Å². The van der Waals surface area contributed by atoms with Gasteiger partial charge >= 0.3 is 5.97 Å². The minimum Gasteiger partial charge on any atom is -0.429 e. The minimum absolute atomic E-state index is 0.224. The molecular weight excluding hydrogens is 260 g/mol. The van der Waals surface area contributed by atoms with Crippen molar-refractivity contribution in [3.63, 3.8) is 0 Å². The third-order valence-corrected chi connectivity index (χ3v) is 3.11. The van der Waals surface area contributed by atoms with E-state index in [0.29, 0.717) is 12.5 Å². The summed E-state index contributed by atoms with van der Waals surface area (Å²) < 4.78 is 10.5. The highest BCUT2D eigenvalue weighted by Gasteiger charge is 2.25. The van der Waals surface area contributed by atoms with E-state index < -0.39 is 25.0 Å². The Bertz CT molecular complexity index is 290. The lowest BCUT2D eigenvalue weighted by Gasteiger charge is -2.24. The first-order valence-electron chi connectivity index (χ1n) is 7.23. The Kier molecular flexibility index (Phi) is 10.3. The topological polar surface area (TPSA) is 76.0 Å². The van der Waals surface area contributed by atoms with E-state index in [1.807, 2.05) is 0 Å². The minimum atomic E-state index is -1.25. The molecule has 0 aromatic heterocycles. The van der Waals surface area contributed by atoms with Gasteiger partial charge in [0.25, 0.3) is 0 Å². The molecule has 0 radical (unpaired) electrons. The van der Waals surface area contributed by atoms with Gasteiger partial charge in [0.15, 0.2) is 0 Å². The number of esters is 1. The van der Waals surface area contributed by atoms with Crippen molar-refractivity contribution in [3.8, 4) is 0 Å². The monoisotopic (exact) mass is 288 g/mol. The van der Waals surface area contributed by atoms with Gasteiger partial charge in [0, 0.05) is 5.57 Å². The fourth-order valence-corrected chi connectivity index (χ4v) is 1.64. The molecule has 0 saturated carbocycles. The number of ether oxygens (including phenoxy) is 2. The molecule has 0 aliphatic rings. The Balaban J connectivity index is 4.41. The number of aliphatic hydroxyl groups excluding tert-OH is 2. The summed E-state index contributed by atoms with van der Waals surface area (Å²) in [5.74, 6) is -0.282. The fraction of sp³-hybridized carbons (Fsp3) is 0.800. The summed E-state index contributed by atoms with van der Waals surface area (Å²) in [6.45, 7) is 9.04. The fourth-order valence-electron chi connectivity index (χ4n) is 1.64. The Labute approximate surface area is 121 Å². The molecule has 2 N–H and O–H groups in total. The van der Waals surface area contributed by atoms with Gasteiger partial charge in [-0.25, -0.2) is 4.79 Å². The number of aliphatic hydroxyl groups is 2. The van der Waals surface area contributed by atoms with Crippen molar-refractivity contribution in [2.45, 2.75) is 58.8 Å². The molecule has 0 aromatic carbocycles. The van der Waals surface area contributed by atoms with Crippen molar-refractivity contribution < 1.29 is 24.5 Å². The highest BCUT2D eigenvalue weighted by molar-refractivity contribution is 5.87. The molecule has 0 spiro atoms. The molecule has 5 nitrogen and oxygen atoms in total. The number of unbranched alkanes of at least 4 members (excludes halogenated alkanes) is 1. The van der Waals surface area contributed by atoms with E-state index in [2.05, 4.69) is 20.4 Å².